The van der Waals surface area contributed by atoms with Gasteiger partial charge in [-0.15, -0.1) is 0 Å². The summed E-state index contributed by atoms with van der Waals surface area (Å²) in [5.74, 6) is -2.12. The van der Waals surface area contributed by atoms with Crippen molar-refractivity contribution in [2.75, 3.05) is 32.2 Å². The third-order valence-electron chi connectivity index (χ3n) is 5.29. The molecule has 8 nitrogen and oxygen atoms in total. The van der Waals surface area contributed by atoms with Crippen LogP contribution in [0, 0.1) is 5.41 Å². The first kappa shape index (κ1) is 19.6. The maximum atomic E-state index is 14.5. The standard InChI is InChI=1S/C18H19ClF2N6O2/c1-28-15-10(7-23-16(26-15)29-2)12-5-13(25-14(24-12)11(19)6-22)27-8-17(3-4-17)18(20,21)9-27/h5-7H,3-4,8-9,22H2,1-2H3. The lowest BCUT2D eigenvalue weighted by molar-refractivity contribution is -0.0334. The number of alkyl halides is 2. The van der Waals surface area contributed by atoms with E-state index >= 15 is 0 Å². The van der Waals surface area contributed by atoms with Crippen molar-refractivity contribution in [2.45, 2.75) is 18.8 Å². The van der Waals surface area contributed by atoms with Crippen LogP contribution in [0.15, 0.2) is 18.5 Å². The first-order valence-corrected chi connectivity index (χ1v) is 9.25. The molecule has 1 spiro atoms. The molecule has 2 N–H and O–H groups in total. The Labute approximate surface area is 170 Å². The number of hydrogen-bond donors (Lipinski definition) is 1. The fourth-order valence-electron chi connectivity index (χ4n) is 3.48. The van der Waals surface area contributed by atoms with Gasteiger partial charge in [-0.3, -0.25) is 0 Å². The zero-order valence-electron chi connectivity index (χ0n) is 15.8. The largest absolute Gasteiger partial charge is 0.480 e. The van der Waals surface area contributed by atoms with Crippen LogP contribution in [0.1, 0.15) is 18.7 Å². The summed E-state index contributed by atoms with van der Waals surface area (Å²) in [5, 5.41) is 0.0913. The lowest BCUT2D eigenvalue weighted by atomic mass is 10.0. The molecule has 2 aliphatic rings. The average molecular weight is 425 g/mol. The summed E-state index contributed by atoms with van der Waals surface area (Å²) in [4.78, 5) is 18.5. The number of methoxy groups -OCH3 is 2. The van der Waals surface area contributed by atoms with Crippen LogP contribution in [0.25, 0.3) is 16.3 Å². The van der Waals surface area contributed by atoms with Gasteiger partial charge in [0.1, 0.15) is 10.9 Å². The number of nitrogens with two attached hydrogens (primary N) is 1. The molecule has 29 heavy (non-hydrogen) atoms. The predicted molar refractivity (Wildman–Crippen MR) is 103 cm³/mol. The molecule has 0 unspecified atom stereocenters. The smallest absolute Gasteiger partial charge is 0.319 e. The highest BCUT2D eigenvalue weighted by atomic mass is 35.5. The van der Waals surface area contributed by atoms with Crippen molar-refractivity contribution in [1.29, 1.82) is 0 Å². The van der Waals surface area contributed by atoms with E-state index in [0.29, 0.717) is 29.9 Å². The van der Waals surface area contributed by atoms with Crippen molar-refractivity contribution in [3.05, 3.63) is 24.3 Å². The monoisotopic (exact) mass is 424 g/mol. The zero-order valence-corrected chi connectivity index (χ0v) is 16.6. The van der Waals surface area contributed by atoms with Gasteiger partial charge in [0, 0.05) is 25.0 Å². The summed E-state index contributed by atoms with van der Waals surface area (Å²) in [6.07, 6.45) is 3.63. The number of nitrogens with zero attached hydrogens (tertiary/aromatic N) is 5. The SMILES string of the molecule is COc1ncc(-c2cc(N3CC(F)(F)C4(CC4)C3)nc(C(Cl)=CN)n2)c(OC)n1. The molecule has 2 aromatic heterocycles. The maximum absolute atomic E-state index is 14.5. The quantitative estimate of drug-likeness (QED) is 0.782. The van der Waals surface area contributed by atoms with Crippen molar-refractivity contribution in [3.8, 4) is 23.1 Å². The van der Waals surface area contributed by atoms with Crippen LogP contribution >= 0.6 is 11.6 Å². The molecule has 0 amide bonds. The number of ether oxygens (including phenoxy) is 2. The third-order valence-corrected chi connectivity index (χ3v) is 5.59. The van der Waals surface area contributed by atoms with Gasteiger partial charge < -0.3 is 20.1 Å². The first-order chi connectivity index (χ1) is 13.8. The highest BCUT2D eigenvalue weighted by Gasteiger charge is 2.67. The first-order valence-electron chi connectivity index (χ1n) is 8.87. The van der Waals surface area contributed by atoms with Crippen LogP contribution in [-0.2, 0) is 0 Å². The number of halogens is 3. The van der Waals surface area contributed by atoms with E-state index in [2.05, 4.69) is 19.9 Å². The van der Waals surface area contributed by atoms with Gasteiger partial charge in [0.15, 0.2) is 5.82 Å². The summed E-state index contributed by atoms with van der Waals surface area (Å²) < 4.78 is 39.3. The van der Waals surface area contributed by atoms with Crippen molar-refractivity contribution in [2.24, 2.45) is 11.1 Å². The molecule has 2 aromatic rings. The molecule has 0 bridgehead atoms. The molecule has 4 rings (SSSR count). The molecule has 0 atom stereocenters. The van der Waals surface area contributed by atoms with Crippen LogP contribution in [-0.4, -0.2) is 53.2 Å². The molecule has 3 heterocycles. The molecule has 0 aromatic carbocycles. The van der Waals surface area contributed by atoms with Gasteiger partial charge in [-0.2, -0.15) is 4.98 Å². The fourth-order valence-corrected chi connectivity index (χ4v) is 3.56. The maximum Gasteiger partial charge on any atom is 0.319 e. The highest BCUT2D eigenvalue weighted by molar-refractivity contribution is 6.48. The minimum absolute atomic E-state index is 0.0913. The summed E-state index contributed by atoms with van der Waals surface area (Å²) in [5.41, 5.74) is 5.35. The molecule has 1 saturated heterocycles. The summed E-state index contributed by atoms with van der Waals surface area (Å²) in [6.45, 7) is -0.195. The number of rotatable bonds is 5. The Morgan fingerprint density at radius 3 is 2.55 bits per heavy atom. The molecule has 1 saturated carbocycles. The van der Waals surface area contributed by atoms with E-state index in [9.17, 15) is 8.78 Å². The normalized spacial score (nSPS) is 19.5. The van der Waals surface area contributed by atoms with Gasteiger partial charge in [-0.05, 0) is 12.8 Å². The summed E-state index contributed by atoms with van der Waals surface area (Å²) >= 11 is 6.14. The van der Waals surface area contributed by atoms with Gasteiger partial charge in [0.2, 0.25) is 5.88 Å². The Kier molecular flexibility index (Phi) is 4.68. The Balaban J connectivity index is 1.81. The van der Waals surface area contributed by atoms with E-state index in [1.807, 2.05) is 0 Å². The lowest BCUT2D eigenvalue weighted by Crippen LogP contribution is -2.28. The van der Waals surface area contributed by atoms with Crippen LogP contribution in [0.5, 0.6) is 11.9 Å². The van der Waals surface area contributed by atoms with Gasteiger partial charge in [-0.1, -0.05) is 11.6 Å². The van der Waals surface area contributed by atoms with Crippen LogP contribution in [0.3, 0.4) is 0 Å². The second-order valence-corrected chi connectivity index (χ2v) is 7.48. The topological polar surface area (TPSA) is 99.3 Å². The molecule has 1 aliphatic carbocycles. The fraction of sp³-hybridized carbons (Fsp3) is 0.444. The van der Waals surface area contributed by atoms with E-state index in [4.69, 9.17) is 26.8 Å². The predicted octanol–water partition coefficient (Wildman–Crippen LogP) is 2.68. The second-order valence-electron chi connectivity index (χ2n) is 7.07. The van der Waals surface area contributed by atoms with E-state index in [-0.39, 0.29) is 29.3 Å². The Morgan fingerprint density at radius 1 is 1.21 bits per heavy atom. The van der Waals surface area contributed by atoms with Gasteiger partial charge in [0.25, 0.3) is 5.92 Å². The van der Waals surface area contributed by atoms with Crippen LogP contribution in [0.4, 0.5) is 14.6 Å². The van der Waals surface area contributed by atoms with Crippen LogP contribution < -0.4 is 20.1 Å². The Hall–Kier alpha value is -2.75. The van der Waals surface area contributed by atoms with Crippen LogP contribution in [0.2, 0.25) is 0 Å². The van der Waals surface area contributed by atoms with Crippen molar-refractivity contribution in [1.82, 2.24) is 19.9 Å². The van der Waals surface area contributed by atoms with E-state index in [1.54, 1.807) is 11.0 Å². The highest BCUT2D eigenvalue weighted by Crippen LogP contribution is 2.61. The molecule has 2 fully saturated rings. The van der Waals surface area contributed by atoms with Gasteiger partial charge >= 0.3 is 6.01 Å². The molecule has 11 heteroatoms. The molecule has 1 aliphatic heterocycles. The summed E-state index contributed by atoms with van der Waals surface area (Å²) in [7, 11) is 2.88. The minimum Gasteiger partial charge on any atom is -0.480 e. The van der Waals surface area contributed by atoms with E-state index in [0.717, 1.165) is 6.20 Å². The number of hydrogen-bond acceptors (Lipinski definition) is 8. The van der Waals surface area contributed by atoms with Crippen molar-refractivity contribution in [3.63, 3.8) is 0 Å². The minimum atomic E-state index is -2.77. The van der Waals surface area contributed by atoms with Gasteiger partial charge in [0.05, 0.1) is 37.4 Å². The molecule has 154 valence electrons. The average Bonchev–Trinajstić information content (AvgIpc) is 3.47. The third kappa shape index (κ3) is 3.31. The van der Waals surface area contributed by atoms with E-state index < -0.39 is 17.9 Å². The van der Waals surface area contributed by atoms with Gasteiger partial charge in [-0.25, -0.2) is 23.7 Å². The lowest BCUT2D eigenvalue weighted by Gasteiger charge is -2.19. The van der Waals surface area contributed by atoms with E-state index in [1.165, 1.54) is 20.4 Å². The Morgan fingerprint density at radius 2 is 1.97 bits per heavy atom. The van der Waals surface area contributed by atoms with Crippen molar-refractivity contribution < 1.29 is 18.3 Å². The molecular weight excluding hydrogens is 406 g/mol. The second kappa shape index (κ2) is 6.94. The number of anilines is 1. The van der Waals surface area contributed by atoms with Crippen molar-refractivity contribution >= 4 is 22.5 Å². The molecule has 0 radical (unpaired) electrons. The zero-order chi connectivity index (χ0) is 20.8. The molecular formula is C18H19ClF2N6O2. The number of aromatic nitrogens is 4. The summed E-state index contributed by atoms with van der Waals surface area (Å²) in [6, 6.07) is 1.71. The Bertz CT molecular complexity index is 977.